The molecule has 1 aliphatic heterocycles. The largest absolute Gasteiger partial charge is 0.335 e. The number of anilines is 1. The molecule has 1 atom stereocenters. The first-order valence-corrected chi connectivity index (χ1v) is 10.2. The van der Waals surface area contributed by atoms with Crippen molar-refractivity contribution in [1.29, 1.82) is 0 Å². The van der Waals surface area contributed by atoms with E-state index in [2.05, 4.69) is 16.0 Å². The van der Waals surface area contributed by atoms with Crippen LogP contribution in [0.1, 0.15) is 45.4 Å². The van der Waals surface area contributed by atoms with E-state index in [0.29, 0.717) is 25.9 Å². The lowest BCUT2D eigenvalue weighted by molar-refractivity contribution is -0.126. The monoisotopic (exact) mass is 386 g/mol. The fourth-order valence-corrected chi connectivity index (χ4v) is 3.99. The summed E-state index contributed by atoms with van der Waals surface area (Å²) in [7, 11) is 0. The van der Waals surface area contributed by atoms with Crippen LogP contribution in [0.4, 0.5) is 10.5 Å². The predicted octanol–water partition coefficient (Wildman–Crippen LogP) is 2.49. The molecular formula is C21H30N4O3. The second-order valence-corrected chi connectivity index (χ2v) is 7.79. The summed E-state index contributed by atoms with van der Waals surface area (Å²) in [5, 5.41) is 8.28. The molecule has 7 nitrogen and oxygen atoms in total. The van der Waals surface area contributed by atoms with Gasteiger partial charge in [-0.25, -0.2) is 4.79 Å². The van der Waals surface area contributed by atoms with E-state index in [1.807, 2.05) is 42.2 Å². The Balaban J connectivity index is 1.41. The molecule has 0 radical (unpaired) electrons. The number of rotatable bonds is 5. The lowest BCUT2D eigenvalue weighted by Crippen LogP contribution is -2.53. The SMILES string of the molecule is CC(C(=O)NC(=O)NC1CCCC1)N1CCC(C(=O)Nc2ccccc2)CC1. The Kier molecular flexibility index (Phi) is 7.03. The Hall–Kier alpha value is -2.41. The minimum Gasteiger partial charge on any atom is -0.335 e. The first-order valence-electron chi connectivity index (χ1n) is 10.2. The van der Waals surface area contributed by atoms with Gasteiger partial charge in [-0.15, -0.1) is 0 Å². The zero-order chi connectivity index (χ0) is 19.9. The third-order valence-corrected chi connectivity index (χ3v) is 5.80. The standard InChI is InChI=1S/C21H30N4O3/c1-15(19(26)24-21(28)23-18-9-5-6-10-18)25-13-11-16(12-14-25)20(27)22-17-7-3-2-4-8-17/h2-4,7-8,15-16,18H,5-6,9-14H2,1H3,(H,22,27)(H2,23,24,26,28). The van der Waals surface area contributed by atoms with Crippen molar-refractivity contribution in [2.45, 2.75) is 57.5 Å². The molecule has 0 bridgehead atoms. The summed E-state index contributed by atoms with van der Waals surface area (Å²) in [6, 6.07) is 8.82. The lowest BCUT2D eigenvalue weighted by atomic mass is 9.94. The predicted molar refractivity (Wildman–Crippen MR) is 108 cm³/mol. The third kappa shape index (κ3) is 5.55. The smallest absolute Gasteiger partial charge is 0.321 e. The van der Waals surface area contributed by atoms with Gasteiger partial charge in [-0.05, 0) is 57.8 Å². The number of urea groups is 1. The normalized spacial score (nSPS) is 19.8. The Bertz CT molecular complexity index is 680. The molecule has 1 heterocycles. The van der Waals surface area contributed by atoms with Gasteiger partial charge in [0.1, 0.15) is 0 Å². The van der Waals surface area contributed by atoms with Crippen LogP contribution in [-0.4, -0.2) is 47.9 Å². The number of nitrogens with zero attached hydrogens (tertiary/aromatic N) is 1. The highest BCUT2D eigenvalue weighted by Gasteiger charge is 2.30. The van der Waals surface area contributed by atoms with Crippen LogP contribution in [0.3, 0.4) is 0 Å². The number of benzene rings is 1. The number of nitrogens with one attached hydrogen (secondary N) is 3. The zero-order valence-corrected chi connectivity index (χ0v) is 16.4. The Morgan fingerprint density at radius 1 is 1.00 bits per heavy atom. The number of hydrogen-bond donors (Lipinski definition) is 3. The number of para-hydroxylation sites is 1. The fraction of sp³-hybridized carbons (Fsp3) is 0.571. The number of carbonyl (C=O) groups excluding carboxylic acids is 3. The average molecular weight is 386 g/mol. The summed E-state index contributed by atoms with van der Waals surface area (Å²) in [6.45, 7) is 3.12. The van der Waals surface area contributed by atoms with Crippen molar-refractivity contribution in [1.82, 2.24) is 15.5 Å². The highest BCUT2D eigenvalue weighted by molar-refractivity contribution is 5.97. The van der Waals surface area contributed by atoms with E-state index in [0.717, 1.165) is 31.4 Å². The lowest BCUT2D eigenvalue weighted by Gasteiger charge is -2.34. The van der Waals surface area contributed by atoms with Gasteiger partial charge in [-0.2, -0.15) is 0 Å². The van der Waals surface area contributed by atoms with Gasteiger partial charge in [-0.1, -0.05) is 31.0 Å². The molecule has 2 aliphatic rings. The summed E-state index contributed by atoms with van der Waals surface area (Å²) in [6.07, 6.45) is 5.62. The minimum atomic E-state index is -0.402. The molecule has 3 N–H and O–H groups in total. The summed E-state index contributed by atoms with van der Waals surface area (Å²) >= 11 is 0. The van der Waals surface area contributed by atoms with Crippen molar-refractivity contribution in [2.75, 3.05) is 18.4 Å². The van der Waals surface area contributed by atoms with Crippen LogP contribution in [-0.2, 0) is 9.59 Å². The van der Waals surface area contributed by atoms with Crippen LogP contribution >= 0.6 is 0 Å². The van der Waals surface area contributed by atoms with E-state index in [1.54, 1.807) is 0 Å². The molecule has 1 saturated heterocycles. The van der Waals surface area contributed by atoms with Gasteiger partial charge in [0, 0.05) is 17.6 Å². The molecule has 3 rings (SSSR count). The van der Waals surface area contributed by atoms with Gasteiger partial charge in [0.05, 0.1) is 6.04 Å². The second-order valence-electron chi connectivity index (χ2n) is 7.79. The first-order chi connectivity index (χ1) is 13.5. The number of hydrogen-bond acceptors (Lipinski definition) is 4. The van der Waals surface area contributed by atoms with Gasteiger partial charge in [0.15, 0.2) is 0 Å². The Morgan fingerprint density at radius 3 is 2.29 bits per heavy atom. The molecule has 28 heavy (non-hydrogen) atoms. The fourth-order valence-electron chi connectivity index (χ4n) is 3.99. The molecule has 4 amide bonds. The first kappa shape index (κ1) is 20.3. The molecule has 1 unspecified atom stereocenters. The highest BCUT2D eigenvalue weighted by Crippen LogP contribution is 2.21. The molecular weight excluding hydrogens is 356 g/mol. The molecule has 152 valence electrons. The summed E-state index contributed by atoms with van der Waals surface area (Å²) in [4.78, 5) is 38.8. The molecule has 1 aromatic rings. The summed E-state index contributed by atoms with van der Waals surface area (Å²) in [5.74, 6) is -0.320. The summed E-state index contributed by atoms with van der Waals surface area (Å²) < 4.78 is 0. The van der Waals surface area contributed by atoms with Crippen LogP contribution in [0.25, 0.3) is 0 Å². The summed E-state index contributed by atoms with van der Waals surface area (Å²) in [5.41, 5.74) is 0.802. The molecule has 0 aromatic heterocycles. The van der Waals surface area contributed by atoms with Gasteiger partial charge >= 0.3 is 6.03 Å². The minimum absolute atomic E-state index is 0.0268. The number of likely N-dealkylation sites (tertiary alicyclic amines) is 1. The van der Waals surface area contributed by atoms with Crippen LogP contribution in [0.2, 0.25) is 0 Å². The Morgan fingerprint density at radius 2 is 1.64 bits per heavy atom. The van der Waals surface area contributed by atoms with E-state index >= 15 is 0 Å². The molecule has 0 spiro atoms. The topological polar surface area (TPSA) is 90.5 Å². The van der Waals surface area contributed by atoms with Crippen molar-refractivity contribution < 1.29 is 14.4 Å². The van der Waals surface area contributed by atoms with Crippen molar-refractivity contribution >= 4 is 23.5 Å². The quantitative estimate of drug-likeness (QED) is 0.725. The van der Waals surface area contributed by atoms with E-state index in [9.17, 15) is 14.4 Å². The van der Waals surface area contributed by atoms with Crippen molar-refractivity contribution in [2.24, 2.45) is 5.92 Å². The molecule has 1 aromatic carbocycles. The average Bonchev–Trinajstić information content (AvgIpc) is 3.21. The molecule has 1 aliphatic carbocycles. The van der Waals surface area contributed by atoms with Crippen molar-refractivity contribution in [3.05, 3.63) is 30.3 Å². The number of amides is 4. The number of carbonyl (C=O) groups is 3. The maximum absolute atomic E-state index is 12.4. The van der Waals surface area contributed by atoms with Crippen molar-refractivity contribution in [3.8, 4) is 0 Å². The second kappa shape index (κ2) is 9.68. The highest BCUT2D eigenvalue weighted by atomic mass is 16.2. The molecule has 2 fully saturated rings. The van der Waals surface area contributed by atoms with E-state index in [1.165, 1.54) is 0 Å². The Labute approximate surface area is 166 Å². The van der Waals surface area contributed by atoms with E-state index in [4.69, 9.17) is 0 Å². The zero-order valence-electron chi connectivity index (χ0n) is 16.4. The maximum Gasteiger partial charge on any atom is 0.321 e. The van der Waals surface area contributed by atoms with E-state index in [-0.39, 0.29) is 23.8 Å². The van der Waals surface area contributed by atoms with Gasteiger partial charge in [0.25, 0.3) is 0 Å². The van der Waals surface area contributed by atoms with Crippen molar-refractivity contribution in [3.63, 3.8) is 0 Å². The van der Waals surface area contributed by atoms with Gasteiger partial charge in [0.2, 0.25) is 11.8 Å². The molecule has 7 heteroatoms. The van der Waals surface area contributed by atoms with Gasteiger partial charge < -0.3 is 10.6 Å². The van der Waals surface area contributed by atoms with E-state index < -0.39 is 12.1 Å². The number of piperidine rings is 1. The van der Waals surface area contributed by atoms with Gasteiger partial charge in [-0.3, -0.25) is 19.8 Å². The molecule has 1 saturated carbocycles. The van der Waals surface area contributed by atoms with Crippen LogP contribution in [0.5, 0.6) is 0 Å². The maximum atomic E-state index is 12.4. The van der Waals surface area contributed by atoms with Crippen LogP contribution in [0, 0.1) is 5.92 Å². The third-order valence-electron chi connectivity index (χ3n) is 5.80. The van der Waals surface area contributed by atoms with Crippen LogP contribution in [0.15, 0.2) is 30.3 Å². The van der Waals surface area contributed by atoms with Crippen LogP contribution < -0.4 is 16.0 Å². The number of imide groups is 1.